The minimum absolute atomic E-state index is 0.0359. The van der Waals surface area contributed by atoms with Gasteiger partial charge in [0.2, 0.25) is 0 Å². The highest BCUT2D eigenvalue weighted by Gasteiger charge is 2.28. The Hall–Kier alpha value is -2.61. The molecule has 22 heavy (non-hydrogen) atoms. The van der Waals surface area contributed by atoms with Gasteiger partial charge in [0.15, 0.2) is 16.4 Å². The van der Waals surface area contributed by atoms with Crippen LogP contribution < -0.4 is 8.92 Å². The van der Waals surface area contributed by atoms with Gasteiger partial charge >= 0.3 is 10.1 Å². The van der Waals surface area contributed by atoms with Gasteiger partial charge in [-0.2, -0.15) is 8.42 Å². The molecule has 0 spiro atoms. The number of nitro benzene ring substituents is 1. The van der Waals surface area contributed by atoms with E-state index in [0.29, 0.717) is 0 Å². The van der Waals surface area contributed by atoms with Crippen molar-refractivity contribution in [3.63, 3.8) is 0 Å². The number of nitrogens with zero attached hydrogens (tertiary/aromatic N) is 1. The molecule has 8 heteroatoms. The van der Waals surface area contributed by atoms with E-state index in [-0.39, 0.29) is 11.5 Å². The second kappa shape index (κ2) is 6.02. The lowest BCUT2D eigenvalue weighted by atomic mass is 10.2. The van der Waals surface area contributed by atoms with E-state index in [1.807, 2.05) is 6.92 Å². The number of hydrogen-bond acceptors (Lipinski definition) is 6. The summed E-state index contributed by atoms with van der Waals surface area (Å²) in [5, 5.41) is 10.9. The Morgan fingerprint density at radius 3 is 2.41 bits per heavy atom. The third-order valence-electron chi connectivity index (χ3n) is 2.85. The molecule has 0 amide bonds. The molecule has 0 N–H and O–H groups in total. The maximum absolute atomic E-state index is 12.3. The highest BCUT2D eigenvalue weighted by atomic mass is 32.2. The Bertz CT molecular complexity index is 816. The zero-order valence-corrected chi connectivity index (χ0v) is 12.7. The van der Waals surface area contributed by atoms with Gasteiger partial charge in [0.25, 0.3) is 5.69 Å². The quantitative estimate of drug-likeness (QED) is 0.477. The molecule has 0 aliphatic heterocycles. The van der Waals surface area contributed by atoms with E-state index >= 15 is 0 Å². The number of nitro groups is 1. The SMILES string of the molecule is COc1cc(C)ccc1OS(=O)(=O)c1ccccc1[N+](=O)[O-]. The van der Waals surface area contributed by atoms with Gasteiger partial charge in [0.1, 0.15) is 0 Å². The second-order valence-corrected chi connectivity index (χ2v) is 5.93. The van der Waals surface area contributed by atoms with E-state index in [1.165, 1.54) is 25.3 Å². The van der Waals surface area contributed by atoms with Crippen LogP contribution in [0.2, 0.25) is 0 Å². The fourth-order valence-electron chi connectivity index (χ4n) is 1.83. The van der Waals surface area contributed by atoms with Gasteiger partial charge in [0.05, 0.1) is 12.0 Å². The van der Waals surface area contributed by atoms with E-state index in [0.717, 1.165) is 17.7 Å². The third-order valence-corrected chi connectivity index (χ3v) is 4.13. The maximum atomic E-state index is 12.3. The molecular formula is C14H13NO6S. The standard InChI is InChI=1S/C14H13NO6S/c1-10-7-8-12(13(9-10)20-2)21-22(18,19)14-6-4-3-5-11(14)15(16)17/h3-9H,1-2H3. The van der Waals surface area contributed by atoms with Gasteiger partial charge in [-0.3, -0.25) is 10.1 Å². The Kier molecular flexibility index (Phi) is 4.32. The van der Waals surface area contributed by atoms with Gasteiger partial charge in [-0.05, 0) is 30.7 Å². The van der Waals surface area contributed by atoms with Gasteiger partial charge in [-0.25, -0.2) is 0 Å². The lowest BCUT2D eigenvalue weighted by Crippen LogP contribution is -2.12. The topological polar surface area (TPSA) is 95.7 Å². The molecule has 0 atom stereocenters. The fraction of sp³-hybridized carbons (Fsp3) is 0.143. The summed E-state index contributed by atoms with van der Waals surface area (Å²) in [5.74, 6) is 0.188. The van der Waals surface area contributed by atoms with E-state index < -0.39 is 25.6 Å². The summed E-state index contributed by atoms with van der Waals surface area (Å²) in [5.41, 5.74) is 0.306. The predicted octanol–water partition coefficient (Wildman–Crippen LogP) is 2.68. The number of ether oxygens (including phenoxy) is 1. The van der Waals surface area contributed by atoms with Crippen LogP contribution in [0.4, 0.5) is 5.69 Å². The molecule has 2 aromatic carbocycles. The van der Waals surface area contributed by atoms with E-state index in [2.05, 4.69) is 0 Å². The molecule has 2 aromatic rings. The van der Waals surface area contributed by atoms with Crippen LogP contribution in [0.15, 0.2) is 47.4 Å². The molecule has 0 saturated carbocycles. The number of methoxy groups -OCH3 is 1. The third kappa shape index (κ3) is 3.17. The maximum Gasteiger partial charge on any atom is 0.346 e. The van der Waals surface area contributed by atoms with Gasteiger partial charge in [-0.1, -0.05) is 18.2 Å². The number of para-hydroxylation sites is 1. The molecule has 116 valence electrons. The molecule has 0 aromatic heterocycles. The van der Waals surface area contributed by atoms with Crippen LogP contribution in [0, 0.1) is 17.0 Å². The minimum atomic E-state index is -4.36. The molecule has 0 unspecified atom stereocenters. The highest BCUT2D eigenvalue weighted by Crippen LogP contribution is 2.32. The lowest BCUT2D eigenvalue weighted by molar-refractivity contribution is -0.387. The van der Waals surface area contributed by atoms with Crippen LogP contribution >= 0.6 is 0 Å². The zero-order valence-electron chi connectivity index (χ0n) is 11.8. The average Bonchev–Trinajstić information content (AvgIpc) is 2.48. The largest absolute Gasteiger partial charge is 0.493 e. The fourth-order valence-corrected chi connectivity index (χ4v) is 2.93. The van der Waals surface area contributed by atoms with E-state index in [1.54, 1.807) is 12.1 Å². The first-order chi connectivity index (χ1) is 10.3. The van der Waals surface area contributed by atoms with Gasteiger partial charge in [0, 0.05) is 6.07 Å². The van der Waals surface area contributed by atoms with Crippen LogP contribution in [0.5, 0.6) is 11.5 Å². The second-order valence-electron chi connectivity index (χ2n) is 4.42. The molecule has 0 radical (unpaired) electrons. The molecular weight excluding hydrogens is 310 g/mol. The summed E-state index contributed by atoms with van der Waals surface area (Å²) in [6.07, 6.45) is 0. The normalized spacial score (nSPS) is 11.0. The van der Waals surface area contributed by atoms with Crippen LogP contribution in [0.25, 0.3) is 0 Å². The van der Waals surface area contributed by atoms with Crippen molar-refractivity contribution < 1.29 is 22.3 Å². The Balaban J connectivity index is 2.47. The Morgan fingerprint density at radius 1 is 1.09 bits per heavy atom. The van der Waals surface area contributed by atoms with Crippen LogP contribution in [0.1, 0.15) is 5.56 Å². The van der Waals surface area contributed by atoms with Crippen LogP contribution in [0.3, 0.4) is 0 Å². The van der Waals surface area contributed by atoms with Crippen molar-refractivity contribution in [2.75, 3.05) is 7.11 Å². The molecule has 0 saturated heterocycles. The Labute approximate surface area is 127 Å². The summed E-state index contributed by atoms with van der Waals surface area (Å²) in [4.78, 5) is 9.66. The molecule has 2 rings (SSSR count). The van der Waals surface area contributed by atoms with E-state index in [4.69, 9.17) is 8.92 Å². The summed E-state index contributed by atoms with van der Waals surface area (Å²) in [7, 11) is -2.98. The smallest absolute Gasteiger partial charge is 0.346 e. The first kappa shape index (κ1) is 15.8. The highest BCUT2D eigenvalue weighted by molar-refractivity contribution is 7.87. The van der Waals surface area contributed by atoms with Crippen molar-refractivity contribution in [1.82, 2.24) is 0 Å². The molecule has 0 fully saturated rings. The molecule has 0 aliphatic carbocycles. The summed E-state index contributed by atoms with van der Waals surface area (Å²) in [6, 6.07) is 9.66. The molecule has 0 bridgehead atoms. The predicted molar refractivity (Wildman–Crippen MR) is 78.6 cm³/mol. The van der Waals surface area contributed by atoms with Crippen molar-refractivity contribution in [2.45, 2.75) is 11.8 Å². The van der Waals surface area contributed by atoms with Gasteiger partial charge < -0.3 is 8.92 Å². The monoisotopic (exact) mass is 323 g/mol. The number of hydrogen-bond donors (Lipinski definition) is 0. The number of aryl methyl sites for hydroxylation is 1. The van der Waals surface area contributed by atoms with Crippen LogP contribution in [-0.2, 0) is 10.1 Å². The van der Waals surface area contributed by atoms with Gasteiger partial charge in [-0.15, -0.1) is 0 Å². The van der Waals surface area contributed by atoms with Crippen LogP contribution in [-0.4, -0.2) is 20.5 Å². The number of benzene rings is 2. The zero-order chi connectivity index (χ0) is 16.3. The van der Waals surface area contributed by atoms with E-state index in [9.17, 15) is 18.5 Å². The van der Waals surface area contributed by atoms with Crippen molar-refractivity contribution >= 4 is 15.8 Å². The molecule has 7 nitrogen and oxygen atoms in total. The lowest BCUT2D eigenvalue weighted by Gasteiger charge is -2.11. The first-order valence-corrected chi connectivity index (χ1v) is 7.58. The molecule has 0 aliphatic rings. The first-order valence-electron chi connectivity index (χ1n) is 6.17. The van der Waals surface area contributed by atoms with Crippen molar-refractivity contribution in [2.24, 2.45) is 0 Å². The average molecular weight is 323 g/mol. The summed E-state index contributed by atoms with van der Waals surface area (Å²) < 4.78 is 34.7. The Morgan fingerprint density at radius 2 is 1.77 bits per heavy atom. The van der Waals surface area contributed by atoms with Crippen molar-refractivity contribution in [3.05, 3.63) is 58.1 Å². The number of rotatable bonds is 5. The summed E-state index contributed by atoms with van der Waals surface area (Å²) >= 11 is 0. The van der Waals surface area contributed by atoms with Crippen molar-refractivity contribution in [1.29, 1.82) is 0 Å². The summed E-state index contributed by atoms with van der Waals surface area (Å²) in [6.45, 7) is 1.81. The molecule has 0 heterocycles. The minimum Gasteiger partial charge on any atom is -0.493 e. The van der Waals surface area contributed by atoms with Crippen molar-refractivity contribution in [3.8, 4) is 11.5 Å².